The van der Waals surface area contributed by atoms with Crippen molar-refractivity contribution in [1.29, 1.82) is 0 Å². The van der Waals surface area contributed by atoms with E-state index < -0.39 is 0 Å². The highest BCUT2D eigenvalue weighted by atomic mass is 16.7. The standard InChI is InChI=1S/C27H32N2O6/c1-19-24(28-26(35-19)23-10-9-21-6-3-4-7-22(21)17-23)8-5-15-33-27(31)29-13-11-20(12-14-29)16-25(30)34-18-32-2/h3-4,6-7,9-10,17,20H,5,8,11-16,18H2,1-2H3. The zero-order chi connectivity index (χ0) is 24.6. The fraction of sp³-hybridized carbons (Fsp3) is 0.444. The number of nitrogens with zero attached hydrogens (tertiary/aromatic N) is 2. The normalized spacial score (nSPS) is 14.3. The number of piperidine rings is 1. The molecule has 1 saturated heterocycles. The highest BCUT2D eigenvalue weighted by Gasteiger charge is 2.25. The van der Waals surface area contributed by atoms with E-state index in [2.05, 4.69) is 29.2 Å². The first-order valence-electron chi connectivity index (χ1n) is 12.0. The van der Waals surface area contributed by atoms with Gasteiger partial charge in [-0.05, 0) is 61.4 Å². The minimum atomic E-state index is -0.306. The Balaban J connectivity index is 1.20. The Morgan fingerprint density at radius 1 is 1.09 bits per heavy atom. The third-order valence-electron chi connectivity index (χ3n) is 6.34. The molecule has 1 amide bonds. The van der Waals surface area contributed by atoms with Gasteiger partial charge < -0.3 is 23.5 Å². The number of benzene rings is 2. The van der Waals surface area contributed by atoms with Crippen LogP contribution >= 0.6 is 0 Å². The molecule has 0 bridgehead atoms. The molecule has 0 unspecified atom stereocenters. The monoisotopic (exact) mass is 480 g/mol. The van der Waals surface area contributed by atoms with Crippen LogP contribution < -0.4 is 0 Å². The number of carbonyl (C=O) groups excluding carboxylic acids is 2. The Hall–Kier alpha value is -3.39. The summed E-state index contributed by atoms with van der Waals surface area (Å²) in [6, 6.07) is 14.4. The Kier molecular flexibility index (Phi) is 8.36. The van der Waals surface area contributed by atoms with Crippen LogP contribution in [0.1, 0.15) is 37.1 Å². The van der Waals surface area contributed by atoms with Gasteiger partial charge in [0.2, 0.25) is 5.89 Å². The molecular weight excluding hydrogens is 448 g/mol. The zero-order valence-electron chi connectivity index (χ0n) is 20.3. The minimum absolute atomic E-state index is 0.0252. The first-order chi connectivity index (χ1) is 17.0. The predicted octanol–water partition coefficient (Wildman–Crippen LogP) is 5.12. The first kappa shape index (κ1) is 24.7. The van der Waals surface area contributed by atoms with Gasteiger partial charge in [-0.2, -0.15) is 0 Å². The molecular formula is C27H32N2O6. The number of methoxy groups -OCH3 is 1. The van der Waals surface area contributed by atoms with Crippen LogP contribution in [0.25, 0.3) is 22.2 Å². The molecule has 2 heterocycles. The SMILES string of the molecule is COCOC(=O)CC1CCN(C(=O)OCCCc2nc(-c3ccc4ccccc4c3)oc2C)CC1. The van der Waals surface area contributed by atoms with Crippen LogP contribution in [0, 0.1) is 12.8 Å². The largest absolute Gasteiger partial charge is 0.449 e. The van der Waals surface area contributed by atoms with Crippen molar-refractivity contribution in [3.63, 3.8) is 0 Å². The number of oxazole rings is 1. The number of fused-ring (bicyclic) bond motifs is 1. The molecule has 0 N–H and O–H groups in total. The fourth-order valence-electron chi connectivity index (χ4n) is 4.34. The molecule has 0 radical (unpaired) electrons. The molecule has 8 heteroatoms. The van der Waals surface area contributed by atoms with Gasteiger partial charge in [-0.15, -0.1) is 0 Å². The van der Waals surface area contributed by atoms with Crippen molar-refractivity contribution in [3.8, 4) is 11.5 Å². The molecule has 3 aromatic rings. The second kappa shape index (κ2) is 11.8. The van der Waals surface area contributed by atoms with Crippen molar-refractivity contribution in [2.75, 3.05) is 33.6 Å². The molecule has 0 spiro atoms. The van der Waals surface area contributed by atoms with E-state index in [0.29, 0.717) is 44.8 Å². The first-order valence-corrected chi connectivity index (χ1v) is 12.0. The van der Waals surface area contributed by atoms with Crippen LogP contribution in [0.5, 0.6) is 0 Å². The molecule has 35 heavy (non-hydrogen) atoms. The van der Waals surface area contributed by atoms with E-state index in [0.717, 1.165) is 35.2 Å². The third-order valence-corrected chi connectivity index (χ3v) is 6.34. The Bertz CT molecular complexity index is 1150. The number of carbonyl (C=O) groups is 2. The molecule has 186 valence electrons. The topological polar surface area (TPSA) is 91.1 Å². The van der Waals surface area contributed by atoms with Gasteiger partial charge in [-0.3, -0.25) is 4.79 Å². The lowest BCUT2D eigenvalue weighted by Crippen LogP contribution is -2.39. The molecule has 8 nitrogen and oxygen atoms in total. The molecule has 1 aliphatic rings. The van der Waals surface area contributed by atoms with Gasteiger partial charge in [0, 0.05) is 32.2 Å². The maximum atomic E-state index is 12.4. The van der Waals surface area contributed by atoms with Crippen molar-refractivity contribution in [3.05, 3.63) is 53.9 Å². The molecule has 0 saturated carbocycles. The summed E-state index contributed by atoms with van der Waals surface area (Å²) in [5, 5.41) is 2.32. The summed E-state index contributed by atoms with van der Waals surface area (Å²) in [5.74, 6) is 1.34. The lowest BCUT2D eigenvalue weighted by atomic mass is 9.94. The molecule has 0 aliphatic carbocycles. The average Bonchev–Trinajstić information content (AvgIpc) is 3.25. The van der Waals surface area contributed by atoms with Crippen LogP contribution in [0.4, 0.5) is 4.79 Å². The van der Waals surface area contributed by atoms with E-state index in [-0.39, 0.29) is 24.8 Å². The third kappa shape index (κ3) is 6.60. The van der Waals surface area contributed by atoms with Gasteiger partial charge >= 0.3 is 12.1 Å². The molecule has 0 atom stereocenters. The number of amides is 1. The van der Waals surface area contributed by atoms with Gasteiger partial charge in [0.25, 0.3) is 0 Å². The smallest absolute Gasteiger partial charge is 0.409 e. The summed E-state index contributed by atoms with van der Waals surface area (Å²) in [7, 11) is 1.48. The molecule has 2 aromatic carbocycles. The van der Waals surface area contributed by atoms with E-state index >= 15 is 0 Å². The number of ether oxygens (including phenoxy) is 3. The number of aryl methyl sites for hydroxylation is 2. The molecule has 4 rings (SSSR count). The Morgan fingerprint density at radius 3 is 2.63 bits per heavy atom. The van der Waals surface area contributed by atoms with Gasteiger partial charge in [-0.25, -0.2) is 9.78 Å². The number of hydrogen-bond donors (Lipinski definition) is 0. The van der Waals surface area contributed by atoms with Crippen LogP contribution in [-0.2, 0) is 25.4 Å². The predicted molar refractivity (Wildman–Crippen MR) is 131 cm³/mol. The summed E-state index contributed by atoms with van der Waals surface area (Å²) in [4.78, 5) is 30.5. The summed E-state index contributed by atoms with van der Waals surface area (Å²) in [6.07, 6.45) is 2.89. The van der Waals surface area contributed by atoms with Crippen molar-refractivity contribution < 1.29 is 28.2 Å². The quantitative estimate of drug-likeness (QED) is 0.238. The van der Waals surface area contributed by atoms with Gasteiger partial charge in [0.15, 0.2) is 6.79 Å². The fourth-order valence-corrected chi connectivity index (χ4v) is 4.34. The van der Waals surface area contributed by atoms with Crippen molar-refractivity contribution in [1.82, 2.24) is 9.88 Å². The number of rotatable bonds is 9. The highest BCUT2D eigenvalue weighted by molar-refractivity contribution is 5.86. The van der Waals surface area contributed by atoms with Crippen molar-refractivity contribution in [2.24, 2.45) is 5.92 Å². The van der Waals surface area contributed by atoms with Crippen molar-refractivity contribution >= 4 is 22.8 Å². The number of hydrogen-bond acceptors (Lipinski definition) is 7. The molecule has 1 fully saturated rings. The summed E-state index contributed by atoms with van der Waals surface area (Å²) in [5.41, 5.74) is 1.82. The van der Waals surface area contributed by atoms with Crippen LogP contribution in [-0.4, -0.2) is 55.5 Å². The summed E-state index contributed by atoms with van der Waals surface area (Å²) >= 11 is 0. The number of likely N-dealkylation sites (tertiary alicyclic amines) is 1. The Labute approximate surface area is 205 Å². The van der Waals surface area contributed by atoms with Gasteiger partial charge in [0.05, 0.1) is 12.3 Å². The summed E-state index contributed by atoms with van der Waals surface area (Å²) in [6.45, 7) is 3.37. The van der Waals surface area contributed by atoms with E-state index in [1.54, 1.807) is 4.90 Å². The summed E-state index contributed by atoms with van der Waals surface area (Å²) < 4.78 is 21.1. The van der Waals surface area contributed by atoms with Crippen molar-refractivity contribution in [2.45, 2.75) is 39.0 Å². The van der Waals surface area contributed by atoms with E-state index in [4.69, 9.17) is 18.6 Å². The number of esters is 1. The van der Waals surface area contributed by atoms with E-state index in [1.807, 2.05) is 25.1 Å². The van der Waals surface area contributed by atoms with Crippen LogP contribution in [0.2, 0.25) is 0 Å². The molecule has 1 aliphatic heterocycles. The number of aromatic nitrogens is 1. The second-order valence-corrected chi connectivity index (χ2v) is 8.86. The van der Waals surface area contributed by atoms with E-state index in [9.17, 15) is 9.59 Å². The molecule has 1 aromatic heterocycles. The zero-order valence-corrected chi connectivity index (χ0v) is 20.3. The second-order valence-electron chi connectivity index (χ2n) is 8.86. The van der Waals surface area contributed by atoms with Gasteiger partial charge in [0.1, 0.15) is 5.76 Å². The highest BCUT2D eigenvalue weighted by Crippen LogP contribution is 2.26. The lowest BCUT2D eigenvalue weighted by molar-refractivity contribution is -0.155. The Morgan fingerprint density at radius 2 is 1.86 bits per heavy atom. The van der Waals surface area contributed by atoms with E-state index in [1.165, 1.54) is 12.5 Å². The van der Waals surface area contributed by atoms with Crippen LogP contribution in [0.15, 0.2) is 46.9 Å². The minimum Gasteiger partial charge on any atom is -0.449 e. The maximum absolute atomic E-state index is 12.4. The average molecular weight is 481 g/mol. The van der Waals surface area contributed by atoms with Crippen LogP contribution in [0.3, 0.4) is 0 Å². The maximum Gasteiger partial charge on any atom is 0.409 e. The van der Waals surface area contributed by atoms with Gasteiger partial charge in [-0.1, -0.05) is 30.3 Å². The lowest BCUT2D eigenvalue weighted by Gasteiger charge is -2.30.